The highest BCUT2D eigenvalue weighted by Crippen LogP contribution is 2.27. The van der Waals surface area contributed by atoms with Crippen molar-refractivity contribution >= 4 is 34.9 Å². The summed E-state index contributed by atoms with van der Waals surface area (Å²) in [4.78, 5) is 26.1. The van der Waals surface area contributed by atoms with Gasteiger partial charge in [-0.3, -0.25) is 9.78 Å². The Morgan fingerprint density at radius 3 is 2.88 bits per heavy atom. The standard InChI is InChI=1S/C20H21F2N5O3S2/c1-3-30-17-10-23-8-14(25-17)16-9-24-19(31-16)18(28)26-15(11-29-2)12-5-4-6-13(7-12)27-32-20(21)22/h4-10,15,20,27H,3,11H2,1-2H3,(H,26,28). The molecule has 0 aliphatic carbocycles. The van der Waals surface area contributed by atoms with E-state index in [9.17, 15) is 13.6 Å². The first-order valence-electron chi connectivity index (χ1n) is 9.50. The molecule has 1 atom stereocenters. The Kier molecular flexibility index (Phi) is 8.71. The molecule has 3 aromatic rings. The number of benzene rings is 1. The molecule has 170 valence electrons. The van der Waals surface area contributed by atoms with Gasteiger partial charge in [-0.1, -0.05) is 12.1 Å². The van der Waals surface area contributed by atoms with Gasteiger partial charge < -0.3 is 19.5 Å². The highest BCUT2D eigenvalue weighted by atomic mass is 32.2. The van der Waals surface area contributed by atoms with Gasteiger partial charge in [0.2, 0.25) is 5.88 Å². The fourth-order valence-corrected chi connectivity index (χ4v) is 3.85. The number of methoxy groups -OCH3 is 1. The lowest BCUT2D eigenvalue weighted by molar-refractivity contribution is 0.0896. The zero-order valence-corrected chi connectivity index (χ0v) is 18.9. The molecule has 3 rings (SSSR count). The normalized spacial score (nSPS) is 11.9. The van der Waals surface area contributed by atoms with E-state index in [0.29, 0.717) is 46.3 Å². The van der Waals surface area contributed by atoms with Crippen molar-refractivity contribution in [1.82, 2.24) is 20.3 Å². The van der Waals surface area contributed by atoms with Crippen LogP contribution >= 0.6 is 23.3 Å². The molecule has 0 spiro atoms. The number of aromatic nitrogens is 3. The van der Waals surface area contributed by atoms with Crippen LogP contribution in [0.5, 0.6) is 5.88 Å². The van der Waals surface area contributed by atoms with Crippen molar-refractivity contribution in [2.24, 2.45) is 0 Å². The predicted octanol–water partition coefficient (Wildman–Crippen LogP) is 4.40. The number of carbonyl (C=O) groups is 1. The van der Waals surface area contributed by atoms with E-state index in [1.165, 1.54) is 24.6 Å². The third-order valence-corrected chi connectivity index (χ3v) is 5.60. The van der Waals surface area contributed by atoms with Crippen LogP contribution in [0.1, 0.15) is 28.3 Å². The first kappa shape index (κ1) is 23.8. The number of halogens is 2. The quantitative estimate of drug-likeness (QED) is 0.389. The molecule has 1 amide bonds. The summed E-state index contributed by atoms with van der Waals surface area (Å²) >= 11 is 1.47. The molecule has 0 aliphatic heterocycles. The van der Waals surface area contributed by atoms with Crippen LogP contribution in [-0.4, -0.2) is 46.9 Å². The van der Waals surface area contributed by atoms with E-state index in [1.807, 2.05) is 6.92 Å². The molecule has 0 aliphatic rings. The third kappa shape index (κ3) is 6.58. The molecule has 1 aromatic carbocycles. The van der Waals surface area contributed by atoms with E-state index in [4.69, 9.17) is 9.47 Å². The Hall–Kier alpha value is -2.83. The number of carbonyl (C=O) groups excluding carboxylic acids is 1. The summed E-state index contributed by atoms with van der Waals surface area (Å²) in [5.74, 6) is -2.55. The maximum atomic E-state index is 12.8. The van der Waals surface area contributed by atoms with Gasteiger partial charge in [-0.25, -0.2) is 9.97 Å². The monoisotopic (exact) mass is 481 g/mol. The third-order valence-electron chi connectivity index (χ3n) is 4.05. The van der Waals surface area contributed by atoms with Gasteiger partial charge in [0.1, 0.15) is 5.69 Å². The lowest BCUT2D eigenvalue weighted by Gasteiger charge is -2.18. The van der Waals surface area contributed by atoms with Gasteiger partial charge in [0.25, 0.3) is 5.91 Å². The zero-order valence-electron chi connectivity index (χ0n) is 17.2. The summed E-state index contributed by atoms with van der Waals surface area (Å²) in [6.45, 7) is 2.51. The van der Waals surface area contributed by atoms with Crippen molar-refractivity contribution in [2.45, 2.75) is 18.7 Å². The van der Waals surface area contributed by atoms with Crippen LogP contribution in [0.25, 0.3) is 10.6 Å². The van der Waals surface area contributed by atoms with Crippen molar-refractivity contribution in [3.8, 4) is 16.5 Å². The molecule has 12 heteroatoms. The second-order valence-electron chi connectivity index (χ2n) is 6.29. The SMILES string of the molecule is CCOc1cncc(-c2cnc(C(=O)NC(COC)c3cccc(NSC(F)F)c3)s2)n1. The van der Waals surface area contributed by atoms with Gasteiger partial charge >= 0.3 is 5.76 Å². The summed E-state index contributed by atoms with van der Waals surface area (Å²) in [5.41, 5.74) is 1.75. The van der Waals surface area contributed by atoms with E-state index in [-0.39, 0.29) is 11.6 Å². The van der Waals surface area contributed by atoms with Gasteiger partial charge in [-0.2, -0.15) is 8.78 Å². The second kappa shape index (κ2) is 11.7. The lowest BCUT2D eigenvalue weighted by Crippen LogP contribution is -2.31. The van der Waals surface area contributed by atoms with Crippen molar-refractivity contribution in [3.63, 3.8) is 0 Å². The predicted molar refractivity (Wildman–Crippen MR) is 120 cm³/mol. The topological polar surface area (TPSA) is 98.3 Å². The molecule has 0 saturated heterocycles. The molecular formula is C20H21F2N5O3S2. The molecule has 2 heterocycles. The highest BCUT2D eigenvalue weighted by Gasteiger charge is 2.20. The average molecular weight is 482 g/mol. The minimum atomic E-state index is -2.55. The van der Waals surface area contributed by atoms with Crippen LogP contribution in [0.2, 0.25) is 0 Å². The number of ether oxygens (including phenoxy) is 2. The van der Waals surface area contributed by atoms with Crippen molar-refractivity contribution in [3.05, 3.63) is 53.4 Å². The fraction of sp³-hybridized carbons (Fsp3) is 0.300. The van der Waals surface area contributed by atoms with Crippen LogP contribution in [0.4, 0.5) is 14.5 Å². The fourth-order valence-electron chi connectivity index (χ4n) is 2.72. The average Bonchev–Trinajstić information content (AvgIpc) is 3.29. The summed E-state index contributed by atoms with van der Waals surface area (Å²) in [6.07, 6.45) is 4.64. The maximum absolute atomic E-state index is 12.8. The number of hydrogen-bond acceptors (Lipinski definition) is 9. The van der Waals surface area contributed by atoms with Crippen LogP contribution < -0.4 is 14.8 Å². The zero-order chi connectivity index (χ0) is 22.9. The molecule has 2 N–H and O–H groups in total. The first-order valence-corrected chi connectivity index (χ1v) is 11.2. The lowest BCUT2D eigenvalue weighted by atomic mass is 10.1. The number of anilines is 1. The van der Waals surface area contributed by atoms with E-state index in [1.54, 1.807) is 36.7 Å². The van der Waals surface area contributed by atoms with E-state index < -0.39 is 17.7 Å². The summed E-state index contributed by atoms with van der Waals surface area (Å²) in [7, 11) is 1.51. The van der Waals surface area contributed by atoms with Gasteiger partial charge in [-0.05, 0) is 24.6 Å². The minimum Gasteiger partial charge on any atom is -0.477 e. The van der Waals surface area contributed by atoms with Gasteiger partial charge in [0.15, 0.2) is 5.01 Å². The van der Waals surface area contributed by atoms with Crippen molar-refractivity contribution < 1.29 is 23.0 Å². The molecular weight excluding hydrogens is 460 g/mol. The second-order valence-corrected chi connectivity index (χ2v) is 8.12. The Balaban J connectivity index is 1.73. The molecule has 0 bridgehead atoms. The Bertz CT molecular complexity index is 1040. The smallest absolute Gasteiger partial charge is 0.302 e. The van der Waals surface area contributed by atoms with Crippen LogP contribution in [0, 0.1) is 0 Å². The summed E-state index contributed by atoms with van der Waals surface area (Å²) in [5, 5.41) is 3.12. The number of hydrogen-bond donors (Lipinski definition) is 2. The van der Waals surface area contributed by atoms with Gasteiger partial charge in [0.05, 0.1) is 36.5 Å². The Morgan fingerprint density at radius 1 is 1.28 bits per heavy atom. The van der Waals surface area contributed by atoms with Crippen LogP contribution in [0.3, 0.4) is 0 Å². The number of rotatable bonds is 11. The molecule has 1 unspecified atom stereocenters. The molecule has 0 fully saturated rings. The number of nitrogens with zero attached hydrogens (tertiary/aromatic N) is 3. The largest absolute Gasteiger partial charge is 0.477 e. The molecule has 0 saturated carbocycles. The van der Waals surface area contributed by atoms with Crippen LogP contribution in [-0.2, 0) is 4.74 Å². The van der Waals surface area contributed by atoms with Crippen LogP contribution in [0.15, 0.2) is 42.9 Å². The number of nitrogens with one attached hydrogen (secondary N) is 2. The van der Waals surface area contributed by atoms with Crippen molar-refractivity contribution in [2.75, 3.05) is 25.0 Å². The number of alkyl halides is 2. The molecule has 2 aromatic heterocycles. The van der Waals surface area contributed by atoms with Gasteiger partial charge in [0, 0.05) is 30.9 Å². The summed E-state index contributed by atoms with van der Waals surface area (Å²) in [6, 6.07) is 6.34. The highest BCUT2D eigenvalue weighted by molar-refractivity contribution is 8.00. The number of thiazole rings is 1. The summed E-state index contributed by atoms with van der Waals surface area (Å²) < 4.78 is 38.1. The van der Waals surface area contributed by atoms with Crippen molar-refractivity contribution in [1.29, 1.82) is 0 Å². The minimum absolute atomic E-state index is 0.192. The van der Waals surface area contributed by atoms with Gasteiger partial charge in [-0.15, -0.1) is 11.3 Å². The number of amides is 1. The Labute approximate surface area is 191 Å². The van der Waals surface area contributed by atoms with E-state index in [0.717, 1.165) is 0 Å². The first-order chi connectivity index (χ1) is 15.5. The molecule has 0 radical (unpaired) electrons. The van der Waals surface area contributed by atoms with E-state index in [2.05, 4.69) is 25.0 Å². The molecule has 32 heavy (non-hydrogen) atoms. The maximum Gasteiger partial charge on any atom is 0.302 e. The molecule has 8 nitrogen and oxygen atoms in total. The Morgan fingerprint density at radius 2 is 2.12 bits per heavy atom. The van der Waals surface area contributed by atoms with E-state index >= 15 is 0 Å².